The van der Waals surface area contributed by atoms with Gasteiger partial charge in [-0.1, -0.05) is 19.8 Å². The number of rotatable bonds is 6. The molecule has 0 heterocycles. The summed E-state index contributed by atoms with van der Waals surface area (Å²) >= 11 is 0. The Kier molecular flexibility index (Phi) is 4.98. The average molecular weight is 359 g/mol. The molecule has 0 aliphatic heterocycles. The summed E-state index contributed by atoms with van der Waals surface area (Å²) in [5.41, 5.74) is 3.79. The molecule has 1 amide bonds. The molecule has 3 atom stereocenters. The average Bonchev–Trinajstić information content (AvgIpc) is 3.25. The van der Waals surface area contributed by atoms with Crippen LogP contribution in [0.5, 0.6) is 5.75 Å². The van der Waals surface area contributed by atoms with Gasteiger partial charge in [0.05, 0.1) is 17.2 Å². The maximum absolute atomic E-state index is 12.5. The highest BCUT2D eigenvalue weighted by Gasteiger charge is 2.64. The molecule has 3 rings (SSSR count). The smallest absolute Gasteiger partial charge is 0.311 e. The molecule has 2 saturated carbocycles. The quantitative estimate of drug-likeness (QED) is 0.476. The minimum absolute atomic E-state index is 0.0382. The van der Waals surface area contributed by atoms with Crippen LogP contribution < -0.4 is 10.2 Å². The summed E-state index contributed by atoms with van der Waals surface area (Å²) in [5.74, 6) is 0.696. The standard InChI is InChI=1S/C19H25N3O4/c1-4-26-16-9-8-13(11-15(16)22(24)25)12(2)20-21-18(23)17-14-7-5-6-10-19(14,17)3/h8-9,11,14,17H,4-7,10H2,1-3H3,(H,21,23)/b20-12+. The number of carbonyl (C=O) groups excluding carboxylic acids is 1. The first kappa shape index (κ1) is 18.4. The summed E-state index contributed by atoms with van der Waals surface area (Å²) in [6.07, 6.45) is 4.60. The molecule has 140 valence electrons. The molecular formula is C19H25N3O4. The van der Waals surface area contributed by atoms with Crippen molar-refractivity contribution in [2.75, 3.05) is 6.61 Å². The lowest BCUT2D eigenvalue weighted by Gasteiger charge is -2.15. The Labute approximate surface area is 153 Å². The van der Waals surface area contributed by atoms with Gasteiger partial charge in [0.2, 0.25) is 5.91 Å². The van der Waals surface area contributed by atoms with Crippen molar-refractivity contribution in [3.8, 4) is 5.75 Å². The Hall–Kier alpha value is -2.44. The Morgan fingerprint density at radius 2 is 2.23 bits per heavy atom. The maximum atomic E-state index is 12.5. The number of ether oxygens (including phenoxy) is 1. The highest BCUT2D eigenvalue weighted by molar-refractivity contribution is 6.00. The first-order valence-corrected chi connectivity index (χ1v) is 9.14. The molecule has 7 heteroatoms. The first-order chi connectivity index (χ1) is 12.4. The zero-order valence-electron chi connectivity index (χ0n) is 15.4. The van der Waals surface area contributed by atoms with E-state index in [-0.39, 0.29) is 28.7 Å². The van der Waals surface area contributed by atoms with Crippen LogP contribution in [-0.2, 0) is 4.79 Å². The zero-order chi connectivity index (χ0) is 18.9. The van der Waals surface area contributed by atoms with E-state index in [0.29, 0.717) is 23.8 Å². The van der Waals surface area contributed by atoms with Crippen molar-refractivity contribution in [2.45, 2.75) is 46.5 Å². The van der Waals surface area contributed by atoms with Gasteiger partial charge in [0, 0.05) is 17.5 Å². The molecule has 3 unspecified atom stereocenters. The van der Waals surface area contributed by atoms with Crippen LogP contribution in [0.25, 0.3) is 0 Å². The topological polar surface area (TPSA) is 93.8 Å². The number of benzene rings is 1. The number of nitro benzene ring substituents is 1. The van der Waals surface area contributed by atoms with Crippen LogP contribution in [0.15, 0.2) is 23.3 Å². The Balaban J connectivity index is 1.71. The lowest BCUT2D eigenvalue weighted by molar-refractivity contribution is -0.385. The van der Waals surface area contributed by atoms with Gasteiger partial charge in [-0.05, 0) is 50.2 Å². The molecule has 1 N–H and O–H groups in total. The van der Waals surface area contributed by atoms with E-state index in [1.807, 2.05) is 0 Å². The van der Waals surface area contributed by atoms with Gasteiger partial charge in [-0.15, -0.1) is 0 Å². The molecule has 0 bridgehead atoms. The third-order valence-corrected chi connectivity index (χ3v) is 5.82. The molecule has 1 aromatic rings. The number of nitro groups is 1. The molecule has 0 radical (unpaired) electrons. The minimum atomic E-state index is -0.476. The number of fused-ring (bicyclic) bond motifs is 1. The molecular weight excluding hydrogens is 334 g/mol. The molecule has 1 aromatic carbocycles. The van der Waals surface area contributed by atoms with Gasteiger partial charge in [-0.25, -0.2) is 5.43 Å². The highest BCUT2D eigenvalue weighted by atomic mass is 16.6. The summed E-state index contributed by atoms with van der Waals surface area (Å²) in [7, 11) is 0. The van der Waals surface area contributed by atoms with Crippen molar-refractivity contribution in [3.63, 3.8) is 0 Å². The van der Waals surface area contributed by atoms with E-state index in [0.717, 1.165) is 12.8 Å². The van der Waals surface area contributed by atoms with E-state index < -0.39 is 4.92 Å². The second kappa shape index (κ2) is 7.05. The van der Waals surface area contributed by atoms with Crippen LogP contribution in [0.2, 0.25) is 0 Å². The molecule has 7 nitrogen and oxygen atoms in total. The molecule has 0 saturated heterocycles. The van der Waals surface area contributed by atoms with Gasteiger partial charge in [-0.3, -0.25) is 14.9 Å². The van der Waals surface area contributed by atoms with Crippen LogP contribution in [0, 0.1) is 27.4 Å². The predicted octanol–water partition coefficient (Wildman–Crippen LogP) is 3.66. The first-order valence-electron chi connectivity index (χ1n) is 9.14. The van der Waals surface area contributed by atoms with Gasteiger partial charge in [0.1, 0.15) is 0 Å². The lowest BCUT2D eigenvalue weighted by atomic mass is 9.90. The van der Waals surface area contributed by atoms with E-state index in [9.17, 15) is 14.9 Å². The van der Waals surface area contributed by atoms with Crippen molar-refractivity contribution in [3.05, 3.63) is 33.9 Å². The summed E-state index contributed by atoms with van der Waals surface area (Å²) in [6.45, 7) is 6.04. The molecule has 2 fully saturated rings. The Bertz CT molecular complexity index is 761. The van der Waals surface area contributed by atoms with Crippen molar-refractivity contribution in [2.24, 2.45) is 22.4 Å². The summed E-state index contributed by atoms with van der Waals surface area (Å²) < 4.78 is 5.28. The van der Waals surface area contributed by atoms with Crippen molar-refractivity contribution < 1.29 is 14.5 Å². The van der Waals surface area contributed by atoms with Crippen LogP contribution in [0.4, 0.5) is 5.69 Å². The SMILES string of the molecule is CCOc1ccc(/C(C)=N/NC(=O)C2C3CCCCC32C)cc1[N+](=O)[O-]. The Morgan fingerprint density at radius 1 is 1.46 bits per heavy atom. The van der Waals surface area contributed by atoms with Crippen LogP contribution >= 0.6 is 0 Å². The summed E-state index contributed by atoms with van der Waals surface area (Å²) in [5, 5.41) is 15.4. The number of carbonyl (C=O) groups is 1. The fraction of sp³-hybridized carbons (Fsp3) is 0.579. The summed E-state index contributed by atoms with van der Waals surface area (Å²) in [6, 6.07) is 4.70. The van der Waals surface area contributed by atoms with Gasteiger partial charge in [0.25, 0.3) is 0 Å². The summed E-state index contributed by atoms with van der Waals surface area (Å²) in [4.78, 5) is 23.2. The van der Waals surface area contributed by atoms with Crippen molar-refractivity contribution in [1.82, 2.24) is 5.43 Å². The predicted molar refractivity (Wildman–Crippen MR) is 98.2 cm³/mol. The van der Waals surface area contributed by atoms with Crippen LogP contribution in [0.1, 0.15) is 52.0 Å². The van der Waals surface area contributed by atoms with E-state index in [4.69, 9.17) is 4.74 Å². The largest absolute Gasteiger partial charge is 0.487 e. The lowest BCUT2D eigenvalue weighted by Crippen LogP contribution is -2.23. The van der Waals surface area contributed by atoms with E-state index >= 15 is 0 Å². The van der Waals surface area contributed by atoms with Crippen molar-refractivity contribution in [1.29, 1.82) is 0 Å². The molecule has 26 heavy (non-hydrogen) atoms. The van der Waals surface area contributed by atoms with E-state index in [2.05, 4.69) is 17.5 Å². The van der Waals surface area contributed by atoms with Crippen LogP contribution in [0.3, 0.4) is 0 Å². The number of hydrazone groups is 1. The molecule has 2 aliphatic rings. The normalized spacial score (nSPS) is 27.4. The molecule has 0 aromatic heterocycles. The molecule has 2 aliphatic carbocycles. The maximum Gasteiger partial charge on any atom is 0.311 e. The minimum Gasteiger partial charge on any atom is -0.487 e. The number of hydrogen-bond acceptors (Lipinski definition) is 5. The van der Waals surface area contributed by atoms with Gasteiger partial charge in [-0.2, -0.15) is 5.10 Å². The fourth-order valence-electron chi connectivity index (χ4n) is 4.29. The van der Waals surface area contributed by atoms with E-state index in [1.165, 1.54) is 18.9 Å². The van der Waals surface area contributed by atoms with Gasteiger partial charge >= 0.3 is 5.69 Å². The highest BCUT2D eigenvalue weighted by Crippen LogP contribution is 2.66. The Morgan fingerprint density at radius 3 is 2.85 bits per heavy atom. The number of nitrogens with zero attached hydrogens (tertiary/aromatic N) is 2. The fourth-order valence-corrected chi connectivity index (χ4v) is 4.29. The monoisotopic (exact) mass is 359 g/mol. The zero-order valence-corrected chi connectivity index (χ0v) is 15.4. The third-order valence-electron chi connectivity index (χ3n) is 5.82. The number of hydrogen-bond donors (Lipinski definition) is 1. The number of nitrogens with one attached hydrogen (secondary N) is 1. The van der Waals surface area contributed by atoms with E-state index in [1.54, 1.807) is 26.0 Å². The molecule has 0 spiro atoms. The van der Waals surface area contributed by atoms with Crippen molar-refractivity contribution >= 4 is 17.3 Å². The second-order valence-corrected chi connectivity index (χ2v) is 7.38. The second-order valence-electron chi connectivity index (χ2n) is 7.38. The third kappa shape index (κ3) is 3.30. The van der Waals surface area contributed by atoms with Crippen LogP contribution in [-0.4, -0.2) is 23.1 Å². The number of amides is 1. The van der Waals surface area contributed by atoms with Gasteiger partial charge in [0.15, 0.2) is 5.75 Å². The van der Waals surface area contributed by atoms with Gasteiger partial charge < -0.3 is 4.74 Å².